The summed E-state index contributed by atoms with van der Waals surface area (Å²) in [6, 6.07) is 8.20. The van der Waals surface area contributed by atoms with Crippen LogP contribution in [0.15, 0.2) is 24.3 Å². The average molecular weight is 264 g/mol. The van der Waals surface area contributed by atoms with Gasteiger partial charge in [-0.1, -0.05) is 12.1 Å². The number of fused-ring (bicyclic) bond motifs is 1. The molecular weight excluding hydrogens is 244 g/mol. The number of nitrogens with one attached hydrogen (secondary N) is 1. The van der Waals surface area contributed by atoms with E-state index >= 15 is 0 Å². The molecule has 0 aromatic heterocycles. The van der Waals surface area contributed by atoms with Crippen LogP contribution >= 0.6 is 11.8 Å². The van der Waals surface area contributed by atoms with Crippen LogP contribution in [0, 0.1) is 0 Å². The zero-order valence-corrected chi connectivity index (χ0v) is 11.4. The fourth-order valence-electron chi connectivity index (χ4n) is 2.53. The molecule has 0 spiro atoms. The van der Waals surface area contributed by atoms with Crippen LogP contribution in [0.4, 0.5) is 5.69 Å². The van der Waals surface area contributed by atoms with E-state index < -0.39 is 0 Å². The van der Waals surface area contributed by atoms with Crippen molar-refractivity contribution in [3.8, 4) is 5.75 Å². The second-order valence-corrected chi connectivity index (χ2v) is 6.11. The van der Waals surface area contributed by atoms with Crippen molar-refractivity contribution >= 4 is 17.4 Å². The van der Waals surface area contributed by atoms with Gasteiger partial charge in [-0.25, -0.2) is 0 Å². The lowest BCUT2D eigenvalue weighted by molar-refractivity contribution is 0.141. The molecule has 98 valence electrons. The molecule has 1 N–H and O–H groups in total. The summed E-state index contributed by atoms with van der Waals surface area (Å²) in [6.45, 7) is 4.38. The average Bonchev–Trinajstić information content (AvgIpc) is 2.67. The van der Waals surface area contributed by atoms with E-state index in [1.54, 1.807) is 0 Å². The number of hydrogen-bond acceptors (Lipinski definition) is 4. The van der Waals surface area contributed by atoms with Gasteiger partial charge in [0.1, 0.15) is 11.9 Å². The minimum Gasteiger partial charge on any atom is -0.485 e. The number of nitrogens with zero attached hydrogens (tertiary/aromatic N) is 1. The summed E-state index contributed by atoms with van der Waals surface area (Å²) in [5, 5.41) is 3.46. The van der Waals surface area contributed by atoms with Crippen LogP contribution in [0.3, 0.4) is 0 Å². The molecule has 2 aliphatic heterocycles. The molecule has 3 rings (SSSR count). The van der Waals surface area contributed by atoms with Crippen molar-refractivity contribution < 1.29 is 4.74 Å². The number of anilines is 1. The molecule has 1 aromatic rings. The van der Waals surface area contributed by atoms with Crippen LogP contribution in [0.2, 0.25) is 0 Å². The van der Waals surface area contributed by atoms with Gasteiger partial charge in [0.05, 0.1) is 12.2 Å². The maximum Gasteiger partial charge on any atom is 0.142 e. The standard InChI is InChI=1S/C14H20N2OS/c1-2-5-14-13(4-1)15-10-12(17-14)11-16-6-3-8-18-9-7-16/h1-2,4-5,12,15H,3,6-11H2. The van der Waals surface area contributed by atoms with E-state index in [1.165, 1.54) is 31.0 Å². The molecule has 0 aliphatic carbocycles. The number of benzene rings is 1. The Labute approximate surface area is 113 Å². The Balaban J connectivity index is 1.58. The second kappa shape index (κ2) is 5.85. The highest BCUT2D eigenvalue weighted by atomic mass is 32.2. The van der Waals surface area contributed by atoms with E-state index in [1.807, 2.05) is 18.2 Å². The van der Waals surface area contributed by atoms with Gasteiger partial charge in [-0.3, -0.25) is 4.90 Å². The first kappa shape index (κ1) is 12.2. The summed E-state index contributed by atoms with van der Waals surface area (Å²) in [6.07, 6.45) is 1.59. The van der Waals surface area contributed by atoms with Crippen LogP contribution in [0.1, 0.15) is 6.42 Å². The summed E-state index contributed by atoms with van der Waals surface area (Å²) < 4.78 is 6.06. The van der Waals surface area contributed by atoms with Crippen molar-refractivity contribution in [2.45, 2.75) is 12.5 Å². The van der Waals surface area contributed by atoms with Gasteiger partial charge in [0.2, 0.25) is 0 Å². The van der Waals surface area contributed by atoms with Crippen LogP contribution in [-0.4, -0.2) is 48.7 Å². The Morgan fingerprint density at radius 3 is 3.22 bits per heavy atom. The predicted molar refractivity (Wildman–Crippen MR) is 77.7 cm³/mol. The molecule has 0 amide bonds. The lowest BCUT2D eigenvalue weighted by atomic mass is 10.2. The quantitative estimate of drug-likeness (QED) is 0.886. The molecule has 3 nitrogen and oxygen atoms in total. The number of rotatable bonds is 2. The normalized spacial score (nSPS) is 24.6. The van der Waals surface area contributed by atoms with Gasteiger partial charge in [0, 0.05) is 18.8 Å². The molecule has 0 radical (unpaired) electrons. The summed E-state index contributed by atoms with van der Waals surface area (Å²) in [7, 11) is 0. The SMILES string of the molecule is c1ccc2c(c1)NCC(CN1CCCSCC1)O2. The molecule has 1 unspecified atom stereocenters. The predicted octanol–water partition coefficient (Wildman–Crippen LogP) is 2.30. The van der Waals surface area contributed by atoms with E-state index in [2.05, 4.69) is 28.0 Å². The Morgan fingerprint density at radius 2 is 2.22 bits per heavy atom. The van der Waals surface area contributed by atoms with Crippen LogP contribution in [-0.2, 0) is 0 Å². The van der Waals surface area contributed by atoms with Crippen molar-refractivity contribution in [3.63, 3.8) is 0 Å². The number of hydrogen-bond donors (Lipinski definition) is 1. The fourth-order valence-corrected chi connectivity index (χ4v) is 3.46. The van der Waals surface area contributed by atoms with Crippen LogP contribution in [0.25, 0.3) is 0 Å². The van der Waals surface area contributed by atoms with E-state index in [0.717, 1.165) is 24.5 Å². The largest absolute Gasteiger partial charge is 0.485 e. The van der Waals surface area contributed by atoms with Crippen molar-refractivity contribution in [2.75, 3.05) is 43.0 Å². The first-order chi connectivity index (χ1) is 8.92. The Bertz CT molecular complexity index is 391. The third kappa shape index (κ3) is 2.93. The highest BCUT2D eigenvalue weighted by molar-refractivity contribution is 7.99. The first-order valence-electron chi connectivity index (χ1n) is 6.71. The molecule has 1 aromatic carbocycles. The first-order valence-corrected chi connectivity index (χ1v) is 7.87. The summed E-state index contributed by atoms with van der Waals surface area (Å²) in [5.74, 6) is 3.57. The molecule has 2 heterocycles. The highest BCUT2D eigenvalue weighted by Gasteiger charge is 2.21. The van der Waals surface area contributed by atoms with E-state index in [-0.39, 0.29) is 6.10 Å². The Morgan fingerprint density at radius 1 is 1.28 bits per heavy atom. The molecule has 18 heavy (non-hydrogen) atoms. The molecule has 2 aliphatic rings. The number of ether oxygens (including phenoxy) is 1. The van der Waals surface area contributed by atoms with Gasteiger partial charge < -0.3 is 10.1 Å². The summed E-state index contributed by atoms with van der Waals surface area (Å²) in [4.78, 5) is 2.54. The van der Waals surface area contributed by atoms with E-state index in [0.29, 0.717) is 0 Å². The molecule has 1 fully saturated rings. The molecule has 1 saturated heterocycles. The monoisotopic (exact) mass is 264 g/mol. The smallest absolute Gasteiger partial charge is 0.142 e. The Hall–Kier alpha value is -0.870. The molecular formula is C14H20N2OS. The lowest BCUT2D eigenvalue weighted by Crippen LogP contribution is -2.42. The minimum atomic E-state index is 0.281. The topological polar surface area (TPSA) is 24.5 Å². The van der Waals surface area contributed by atoms with Gasteiger partial charge in [0.15, 0.2) is 0 Å². The van der Waals surface area contributed by atoms with Gasteiger partial charge in [-0.15, -0.1) is 0 Å². The second-order valence-electron chi connectivity index (χ2n) is 4.88. The highest BCUT2D eigenvalue weighted by Crippen LogP contribution is 2.28. The van der Waals surface area contributed by atoms with Gasteiger partial charge in [0.25, 0.3) is 0 Å². The van der Waals surface area contributed by atoms with Crippen molar-refractivity contribution in [2.24, 2.45) is 0 Å². The Kier molecular flexibility index (Phi) is 3.96. The fraction of sp³-hybridized carbons (Fsp3) is 0.571. The van der Waals surface area contributed by atoms with E-state index in [9.17, 15) is 0 Å². The number of para-hydroxylation sites is 2. The summed E-state index contributed by atoms with van der Waals surface area (Å²) >= 11 is 2.07. The maximum absolute atomic E-state index is 6.06. The molecule has 1 atom stereocenters. The molecule has 0 bridgehead atoms. The summed E-state index contributed by atoms with van der Waals surface area (Å²) in [5.41, 5.74) is 1.13. The van der Waals surface area contributed by atoms with Gasteiger partial charge >= 0.3 is 0 Å². The molecule has 0 saturated carbocycles. The minimum absolute atomic E-state index is 0.281. The van der Waals surface area contributed by atoms with E-state index in [4.69, 9.17) is 4.74 Å². The zero-order valence-electron chi connectivity index (χ0n) is 10.6. The lowest BCUT2D eigenvalue weighted by Gasteiger charge is -2.31. The molecule has 4 heteroatoms. The van der Waals surface area contributed by atoms with Crippen LogP contribution in [0.5, 0.6) is 5.75 Å². The third-order valence-electron chi connectivity index (χ3n) is 3.48. The van der Waals surface area contributed by atoms with Crippen molar-refractivity contribution in [3.05, 3.63) is 24.3 Å². The van der Waals surface area contributed by atoms with Crippen molar-refractivity contribution in [1.82, 2.24) is 4.90 Å². The van der Waals surface area contributed by atoms with Gasteiger partial charge in [-0.2, -0.15) is 11.8 Å². The third-order valence-corrected chi connectivity index (χ3v) is 4.53. The number of thioether (sulfide) groups is 1. The maximum atomic E-state index is 6.06. The zero-order chi connectivity index (χ0) is 12.2. The van der Waals surface area contributed by atoms with Crippen molar-refractivity contribution in [1.29, 1.82) is 0 Å². The van der Waals surface area contributed by atoms with Gasteiger partial charge in [-0.05, 0) is 30.9 Å². The van der Waals surface area contributed by atoms with Crippen LogP contribution < -0.4 is 10.1 Å².